The van der Waals surface area contributed by atoms with Gasteiger partial charge in [0.05, 0.1) is 24.0 Å². The first-order valence-electron chi connectivity index (χ1n) is 11.7. The van der Waals surface area contributed by atoms with Gasteiger partial charge in [-0.1, -0.05) is 12.7 Å². The van der Waals surface area contributed by atoms with Gasteiger partial charge in [-0.2, -0.15) is 15.3 Å². The number of halogens is 1. The molecule has 1 amide bonds. The third-order valence-electron chi connectivity index (χ3n) is 5.86. The third kappa shape index (κ3) is 5.90. The second-order valence-corrected chi connectivity index (χ2v) is 8.81. The van der Waals surface area contributed by atoms with Crippen LogP contribution >= 0.6 is 0 Å². The maximum absolute atomic E-state index is 14.8. The summed E-state index contributed by atoms with van der Waals surface area (Å²) in [6.07, 6.45) is 2.48. The number of alkyl halides is 1. The maximum atomic E-state index is 14.8. The molecule has 1 aliphatic heterocycles. The molecule has 2 aromatic heterocycles. The fourth-order valence-electron chi connectivity index (χ4n) is 3.84. The zero-order valence-corrected chi connectivity index (χ0v) is 20.5. The Hall–Kier alpha value is -4.37. The number of benzene rings is 1. The Morgan fingerprint density at radius 1 is 1.41 bits per heavy atom. The van der Waals surface area contributed by atoms with Gasteiger partial charge in [0.15, 0.2) is 18.1 Å². The highest BCUT2D eigenvalue weighted by Gasteiger charge is 2.34. The second kappa shape index (κ2) is 11.1. The Morgan fingerprint density at radius 3 is 2.89 bits per heavy atom. The standard InChI is InChI=1S/C25H27FN8O3/c1-4-20(35)24(36)33-8-7-22(19(26)13-33)37-21-6-5-16(9-17(21)10-27)23-28-14-29-25(32-23)31-18-11-30-34(12-18)15(2)3/h4-6,9,11-12,14-15,19-20,22,35H,1,7-8,13H2,2-3H3,(H,28,29,31,32)/t19-,20+,22+/m1/s1. The van der Waals surface area contributed by atoms with Crippen LogP contribution in [0.5, 0.6) is 5.75 Å². The van der Waals surface area contributed by atoms with Crippen LogP contribution in [0.25, 0.3) is 11.4 Å². The average molecular weight is 507 g/mol. The molecule has 3 atom stereocenters. The Bertz CT molecular complexity index is 1320. The smallest absolute Gasteiger partial charge is 0.255 e. The van der Waals surface area contributed by atoms with E-state index >= 15 is 0 Å². The van der Waals surface area contributed by atoms with Gasteiger partial charge in [0.25, 0.3) is 5.91 Å². The quantitative estimate of drug-likeness (QED) is 0.441. The SMILES string of the molecule is C=C[C@H](O)C(=O)N1CC[C@H](Oc2ccc(-c3ncnc(Nc4cnn(C(C)C)c4)n3)cc2C#N)[C@H](F)C1. The molecule has 4 rings (SSSR count). The summed E-state index contributed by atoms with van der Waals surface area (Å²) in [5.74, 6) is 0.277. The molecule has 0 bridgehead atoms. The minimum atomic E-state index is -1.49. The number of rotatable bonds is 8. The highest BCUT2D eigenvalue weighted by molar-refractivity contribution is 5.82. The lowest BCUT2D eigenvalue weighted by molar-refractivity contribution is -0.141. The summed E-state index contributed by atoms with van der Waals surface area (Å²) < 4.78 is 22.4. The first-order chi connectivity index (χ1) is 17.8. The van der Waals surface area contributed by atoms with Crippen LogP contribution in [0.15, 0.2) is 49.6 Å². The number of piperidine rings is 1. The molecule has 12 heteroatoms. The normalized spacial score (nSPS) is 18.2. The zero-order chi connectivity index (χ0) is 26.5. The van der Waals surface area contributed by atoms with E-state index in [-0.39, 0.29) is 36.9 Å². The lowest BCUT2D eigenvalue weighted by Gasteiger charge is -2.35. The molecule has 0 aliphatic carbocycles. The highest BCUT2D eigenvalue weighted by atomic mass is 19.1. The van der Waals surface area contributed by atoms with Gasteiger partial charge in [-0.15, -0.1) is 0 Å². The first kappa shape index (κ1) is 25.7. The molecule has 3 aromatic rings. The summed E-state index contributed by atoms with van der Waals surface area (Å²) in [5.41, 5.74) is 1.47. The first-order valence-corrected chi connectivity index (χ1v) is 11.7. The number of hydrogen-bond acceptors (Lipinski definition) is 9. The fourth-order valence-corrected chi connectivity index (χ4v) is 3.84. The van der Waals surface area contributed by atoms with Crippen molar-refractivity contribution in [1.82, 2.24) is 29.6 Å². The highest BCUT2D eigenvalue weighted by Crippen LogP contribution is 2.28. The number of hydrogen-bond donors (Lipinski definition) is 2. The van der Waals surface area contributed by atoms with Crippen LogP contribution in [-0.2, 0) is 4.79 Å². The van der Waals surface area contributed by atoms with E-state index in [0.717, 1.165) is 11.8 Å². The predicted molar refractivity (Wildman–Crippen MR) is 133 cm³/mol. The Morgan fingerprint density at radius 2 is 2.22 bits per heavy atom. The summed E-state index contributed by atoms with van der Waals surface area (Å²) in [5, 5.41) is 26.7. The second-order valence-electron chi connectivity index (χ2n) is 8.81. The Balaban J connectivity index is 1.46. The van der Waals surface area contributed by atoms with E-state index < -0.39 is 24.3 Å². The molecule has 11 nitrogen and oxygen atoms in total. The molecule has 1 aliphatic rings. The van der Waals surface area contributed by atoms with Crippen molar-refractivity contribution in [3.8, 4) is 23.2 Å². The molecule has 2 N–H and O–H groups in total. The topological polar surface area (TPSA) is 142 Å². The number of nitrogens with one attached hydrogen (secondary N) is 1. The van der Waals surface area contributed by atoms with Crippen molar-refractivity contribution in [2.24, 2.45) is 0 Å². The van der Waals surface area contributed by atoms with E-state index in [2.05, 4.69) is 38.0 Å². The number of amides is 1. The zero-order valence-electron chi connectivity index (χ0n) is 20.5. The van der Waals surface area contributed by atoms with Crippen molar-refractivity contribution in [2.45, 2.75) is 44.7 Å². The predicted octanol–water partition coefficient (Wildman–Crippen LogP) is 2.80. The molecule has 0 unspecified atom stereocenters. The molecule has 1 aromatic carbocycles. The summed E-state index contributed by atoms with van der Waals surface area (Å²) in [6, 6.07) is 7.10. The van der Waals surface area contributed by atoms with Gasteiger partial charge < -0.3 is 20.1 Å². The number of aliphatic hydroxyl groups excluding tert-OH is 1. The van der Waals surface area contributed by atoms with Crippen LogP contribution < -0.4 is 10.1 Å². The van der Waals surface area contributed by atoms with E-state index in [1.807, 2.05) is 20.0 Å². The van der Waals surface area contributed by atoms with Gasteiger partial charge >= 0.3 is 0 Å². The number of anilines is 2. The van der Waals surface area contributed by atoms with Crippen molar-refractivity contribution in [2.75, 3.05) is 18.4 Å². The molecule has 0 saturated carbocycles. The van der Waals surface area contributed by atoms with Crippen molar-refractivity contribution in [1.29, 1.82) is 5.26 Å². The van der Waals surface area contributed by atoms with Crippen molar-refractivity contribution >= 4 is 17.5 Å². The molecular weight excluding hydrogens is 479 g/mol. The van der Waals surface area contributed by atoms with Crippen molar-refractivity contribution in [3.05, 3.63) is 55.1 Å². The van der Waals surface area contributed by atoms with Crippen LogP contribution in [0.2, 0.25) is 0 Å². The van der Waals surface area contributed by atoms with Gasteiger partial charge in [-0.25, -0.2) is 14.4 Å². The number of nitriles is 1. The van der Waals surface area contributed by atoms with E-state index in [4.69, 9.17) is 4.74 Å². The monoisotopic (exact) mass is 506 g/mol. The maximum Gasteiger partial charge on any atom is 0.255 e. The minimum absolute atomic E-state index is 0.193. The number of likely N-dealkylation sites (tertiary alicyclic amines) is 1. The van der Waals surface area contributed by atoms with E-state index in [9.17, 15) is 19.6 Å². The molecule has 1 saturated heterocycles. The molecule has 3 heterocycles. The van der Waals surface area contributed by atoms with E-state index in [1.165, 1.54) is 11.2 Å². The molecule has 37 heavy (non-hydrogen) atoms. The lowest BCUT2D eigenvalue weighted by atomic mass is 10.0. The van der Waals surface area contributed by atoms with Crippen LogP contribution in [-0.4, -0.2) is 72.1 Å². The molecule has 1 fully saturated rings. The number of carbonyl (C=O) groups excluding carboxylic acids is 1. The number of aromatic nitrogens is 5. The summed E-state index contributed by atoms with van der Waals surface area (Å²) in [6.45, 7) is 7.41. The largest absolute Gasteiger partial charge is 0.486 e. The molecule has 192 valence electrons. The van der Waals surface area contributed by atoms with Gasteiger partial charge in [0.2, 0.25) is 5.95 Å². The molecule has 0 spiro atoms. The van der Waals surface area contributed by atoms with E-state index in [0.29, 0.717) is 17.3 Å². The number of ether oxygens (including phenoxy) is 1. The Kier molecular flexibility index (Phi) is 7.74. The number of carbonyl (C=O) groups is 1. The number of aliphatic hydroxyl groups is 1. The van der Waals surface area contributed by atoms with Gasteiger partial charge in [-0.05, 0) is 32.0 Å². The Labute approximate surface area is 213 Å². The van der Waals surface area contributed by atoms with Gasteiger partial charge in [0.1, 0.15) is 24.3 Å². The van der Waals surface area contributed by atoms with Gasteiger partial charge in [0, 0.05) is 30.8 Å². The fraction of sp³-hybridized carbons (Fsp3) is 0.360. The molecule has 0 radical (unpaired) electrons. The van der Waals surface area contributed by atoms with Crippen LogP contribution in [0, 0.1) is 11.3 Å². The minimum Gasteiger partial charge on any atom is -0.486 e. The molecular formula is C25H27FN8O3. The van der Waals surface area contributed by atoms with Crippen LogP contribution in [0.1, 0.15) is 31.9 Å². The van der Waals surface area contributed by atoms with Crippen molar-refractivity contribution < 1.29 is 19.0 Å². The summed E-state index contributed by atoms with van der Waals surface area (Å²) >= 11 is 0. The van der Waals surface area contributed by atoms with Crippen molar-refractivity contribution in [3.63, 3.8) is 0 Å². The summed E-state index contributed by atoms with van der Waals surface area (Å²) in [7, 11) is 0. The van der Waals surface area contributed by atoms with Crippen LogP contribution in [0.3, 0.4) is 0 Å². The van der Waals surface area contributed by atoms with Gasteiger partial charge in [-0.3, -0.25) is 9.48 Å². The number of nitrogens with zero attached hydrogens (tertiary/aromatic N) is 7. The van der Waals surface area contributed by atoms with Crippen LogP contribution in [0.4, 0.5) is 16.0 Å². The average Bonchev–Trinajstić information content (AvgIpc) is 3.38. The van der Waals surface area contributed by atoms with E-state index in [1.54, 1.807) is 29.1 Å². The third-order valence-corrected chi connectivity index (χ3v) is 5.86. The lowest BCUT2D eigenvalue weighted by Crippen LogP contribution is -2.51. The summed E-state index contributed by atoms with van der Waals surface area (Å²) in [4.78, 5) is 26.1.